The second-order valence-electron chi connectivity index (χ2n) is 5.73. The summed E-state index contributed by atoms with van der Waals surface area (Å²) < 4.78 is 18.7. The lowest BCUT2D eigenvalue weighted by Crippen LogP contribution is -2.30. The number of nitrogens with zero attached hydrogens (tertiary/aromatic N) is 1. The van der Waals surface area contributed by atoms with E-state index in [-0.39, 0.29) is 11.8 Å². The number of hydrogen-bond acceptors (Lipinski definition) is 4. The fourth-order valence-corrected chi connectivity index (χ4v) is 2.29. The van der Waals surface area contributed by atoms with Crippen molar-refractivity contribution >= 4 is 22.8 Å². The summed E-state index contributed by atoms with van der Waals surface area (Å²) in [5, 5.41) is 14.5. The quantitative estimate of drug-likeness (QED) is 0.661. The van der Waals surface area contributed by atoms with E-state index in [9.17, 15) is 14.3 Å². The molecular weight excluding hydrogens is 325 g/mol. The van der Waals surface area contributed by atoms with E-state index in [4.69, 9.17) is 4.42 Å². The van der Waals surface area contributed by atoms with Gasteiger partial charge in [0.1, 0.15) is 11.3 Å². The van der Waals surface area contributed by atoms with Gasteiger partial charge in [-0.05, 0) is 49.7 Å². The zero-order chi connectivity index (χ0) is 17.8. The van der Waals surface area contributed by atoms with Crippen molar-refractivity contribution in [1.82, 2.24) is 10.3 Å². The highest BCUT2D eigenvalue weighted by Crippen LogP contribution is 2.26. The van der Waals surface area contributed by atoms with Crippen molar-refractivity contribution in [3.63, 3.8) is 0 Å². The molecule has 0 fully saturated rings. The lowest BCUT2D eigenvalue weighted by molar-refractivity contribution is 0.184. The van der Waals surface area contributed by atoms with Gasteiger partial charge in [-0.15, -0.1) is 0 Å². The van der Waals surface area contributed by atoms with Crippen molar-refractivity contribution < 1.29 is 18.7 Å². The predicted molar refractivity (Wildman–Crippen MR) is 92.7 cm³/mol. The Kier molecular flexibility index (Phi) is 4.95. The Morgan fingerprint density at radius 3 is 2.76 bits per heavy atom. The number of urea groups is 1. The number of oxazole rings is 1. The van der Waals surface area contributed by atoms with E-state index in [1.807, 2.05) is 0 Å². The first-order valence-electron chi connectivity index (χ1n) is 7.91. The first-order chi connectivity index (χ1) is 12.0. The van der Waals surface area contributed by atoms with Gasteiger partial charge in [0.2, 0.25) is 5.89 Å². The van der Waals surface area contributed by atoms with Gasteiger partial charge < -0.3 is 20.2 Å². The van der Waals surface area contributed by atoms with Crippen molar-refractivity contribution in [1.29, 1.82) is 0 Å². The lowest BCUT2D eigenvalue weighted by atomic mass is 10.2. The van der Waals surface area contributed by atoms with E-state index in [1.165, 1.54) is 12.1 Å². The average Bonchev–Trinajstić information content (AvgIpc) is 2.98. The summed E-state index contributed by atoms with van der Waals surface area (Å²) in [6.45, 7) is 2.04. The van der Waals surface area contributed by atoms with E-state index in [2.05, 4.69) is 15.6 Å². The number of amides is 2. The van der Waals surface area contributed by atoms with E-state index in [0.717, 1.165) is 0 Å². The number of aliphatic hydroxyl groups excluding tert-OH is 1. The van der Waals surface area contributed by atoms with Crippen molar-refractivity contribution in [2.75, 3.05) is 11.9 Å². The molecule has 1 aromatic heterocycles. The maximum Gasteiger partial charge on any atom is 0.319 e. The Labute approximate surface area is 143 Å². The summed E-state index contributed by atoms with van der Waals surface area (Å²) in [5.74, 6) is 0.0569. The van der Waals surface area contributed by atoms with Crippen LogP contribution >= 0.6 is 0 Å². The number of halogens is 1. The van der Waals surface area contributed by atoms with Crippen LogP contribution in [0.3, 0.4) is 0 Å². The Balaban J connectivity index is 1.72. The minimum absolute atomic E-state index is 0.326. The first-order valence-corrected chi connectivity index (χ1v) is 7.91. The maximum atomic E-state index is 13.0. The van der Waals surface area contributed by atoms with Crippen LogP contribution in [0.25, 0.3) is 22.6 Å². The van der Waals surface area contributed by atoms with Gasteiger partial charge >= 0.3 is 6.03 Å². The number of hydrogen-bond donors (Lipinski definition) is 3. The highest BCUT2D eigenvalue weighted by atomic mass is 19.1. The van der Waals surface area contributed by atoms with Crippen molar-refractivity contribution in [3.05, 3.63) is 48.3 Å². The molecule has 0 aliphatic rings. The van der Waals surface area contributed by atoms with Crippen molar-refractivity contribution in [3.8, 4) is 11.5 Å². The summed E-state index contributed by atoms with van der Waals surface area (Å²) in [4.78, 5) is 16.2. The number of fused-ring (bicyclic) bond motifs is 1. The highest BCUT2D eigenvalue weighted by molar-refractivity contribution is 5.91. The maximum absolute atomic E-state index is 13.0. The van der Waals surface area contributed by atoms with Gasteiger partial charge in [0.05, 0.1) is 6.10 Å². The number of carbonyl (C=O) groups is 1. The fourth-order valence-electron chi connectivity index (χ4n) is 2.29. The van der Waals surface area contributed by atoms with Crippen LogP contribution in [-0.4, -0.2) is 28.8 Å². The Morgan fingerprint density at radius 2 is 2.04 bits per heavy atom. The van der Waals surface area contributed by atoms with E-state index >= 15 is 0 Å². The van der Waals surface area contributed by atoms with Gasteiger partial charge in [0.15, 0.2) is 5.58 Å². The third-order valence-electron chi connectivity index (χ3n) is 3.59. The standard InChI is InChI=1S/C18H18FN3O3/c1-11(23)8-9-20-18(24)21-14-6-7-15-16(10-14)25-17(22-15)12-2-4-13(19)5-3-12/h2-7,10-11,23H,8-9H2,1H3,(H2,20,21,24). The predicted octanol–water partition coefficient (Wildman–Crippen LogP) is 3.53. The van der Waals surface area contributed by atoms with Crippen LogP contribution in [-0.2, 0) is 0 Å². The van der Waals surface area contributed by atoms with Gasteiger partial charge in [-0.25, -0.2) is 14.2 Å². The topological polar surface area (TPSA) is 87.4 Å². The van der Waals surface area contributed by atoms with Crippen LogP contribution in [0, 0.1) is 5.82 Å². The molecule has 2 amide bonds. The number of aliphatic hydroxyl groups is 1. The van der Waals surface area contributed by atoms with E-state index in [0.29, 0.717) is 41.2 Å². The molecule has 3 aromatic rings. The SMILES string of the molecule is CC(O)CCNC(=O)Nc1ccc2nc(-c3ccc(F)cc3)oc2c1. The smallest absolute Gasteiger partial charge is 0.319 e. The second-order valence-corrected chi connectivity index (χ2v) is 5.73. The minimum Gasteiger partial charge on any atom is -0.436 e. The summed E-state index contributed by atoms with van der Waals surface area (Å²) in [6.07, 6.45) is 0.0194. The first kappa shape index (κ1) is 16.9. The molecule has 0 saturated carbocycles. The molecule has 7 heteroatoms. The van der Waals surface area contributed by atoms with Crippen molar-refractivity contribution in [2.45, 2.75) is 19.4 Å². The molecule has 0 spiro atoms. The molecule has 0 bridgehead atoms. The minimum atomic E-state index is -0.462. The number of benzene rings is 2. The summed E-state index contributed by atoms with van der Waals surface area (Å²) in [7, 11) is 0. The zero-order valence-corrected chi connectivity index (χ0v) is 13.6. The highest BCUT2D eigenvalue weighted by Gasteiger charge is 2.10. The Morgan fingerprint density at radius 1 is 1.28 bits per heavy atom. The van der Waals surface area contributed by atoms with Gasteiger partial charge in [-0.3, -0.25) is 0 Å². The molecule has 0 saturated heterocycles. The van der Waals surface area contributed by atoms with Crippen LogP contribution in [0.5, 0.6) is 0 Å². The monoisotopic (exact) mass is 343 g/mol. The molecule has 0 aliphatic heterocycles. The number of rotatable bonds is 5. The van der Waals surface area contributed by atoms with E-state index in [1.54, 1.807) is 37.3 Å². The largest absolute Gasteiger partial charge is 0.436 e. The second kappa shape index (κ2) is 7.31. The van der Waals surface area contributed by atoms with Gasteiger partial charge in [0, 0.05) is 23.9 Å². The molecule has 1 atom stereocenters. The molecule has 1 unspecified atom stereocenters. The zero-order valence-electron chi connectivity index (χ0n) is 13.6. The normalized spacial score (nSPS) is 12.1. The molecule has 3 rings (SSSR count). The van der Waals surface area contributed by atoms with Gasteiger partial charge in [-0.1, -0.05) is 0 Å². The molecular formula is C18H18FN3O3. The molecule has 0 aliphatic carbocycles. The van der Waals surface area contributed by atoms with Gasteiger partial charge in [0.25, 0.3) is 0 Å². The number of anilines is 1. The van der Waals surface area contributed by atoms with Crippen LogP contribution in [0.2, 0.25) is 0 Å². The molecule has 130 valence electrons. The van der Waals surface area contributed by atoms with Crippen molar-refractivity contribution in [2.24, 2.45) is 0 Å². The third-order valence-corrected chi connectivity index (χ3v) is 3.59. The number of nitrogens with one attached hydrogen (secondary N) is 2. The molecule has 25 heavy (non-hydrogen) atoms. The van der Waals surface area contributed by atoms with Crippen LogP contribution < -0.4 is 10.6 Å². The fraction of sp³-hybridized carbons (Fsp3) is 0.222. The Bertz CT molecular complexity index is 875. The summed E-state index contributed by atoms with van der Waals surface area (Å²) in [5.41, 5.74) is 2.38. The molecule has 1 heterocycles. The lowest BCUT2D eigenvalue weighted by Gasteiger charge is -2.08. The summed E-state index contributed by atoms with van der Waals surface area (Å²) >= 11 is 0. The Hall–Kier alpha value is -2.93. The van der Waals surface area contributed by atoms with Crippen LogP contribution in [0.4, 0.5) is 14.9 Å². The number of carbonyl (C=O) groups excluding carboxylic acids is 1. The molecule has 3 N–H and O–H groups in total. The van der Waals surface area contributed by atoms with Gasteiger partial charge in [-0.2, -0.15) is 0 Å². The molecule has 6 nitrogen and oxygen atoms in total. The molecule has 0 radical (unpaired) electrons. The number of aromatic nitrogens is 1. The average molecular weight is 343 g/mol. The van der Waals surface area contributed by atoms with Crippen LogP contribution in [0.15, 0.2) is 46.9 Å². The van der Waals surface area contributed by atoms with E-state index < -0.39 is 6.10 Å². The summed E-state index contributed by atoms with van der Waals surface area (Å²) in [6, 6.07) is 10.6. The van der Waals surface area contributed by atoms with Crippen LogP contribution in [0.1, 0.15) is 13.3 Å². The third kappa shape index (κ3) is 4.33. The molecule has 2 aromatic carbocycles.